The van der Waals surface area contributed by atoms with Gasteiger partial charge in [0.15, 0.2) is 22.8 Å². The summed E-state index contributed by atoms with van der Waals surface area (Å²) in [7, 11) is 0. The summed E-state index contributed by atoms with van der Waals surface area (Å²) in [4.78, 5) is 25.6. The van der Waals surface area contributed by atoms with Crippen molar-refractivity contribution in [1.29, 1.82) is 0 Å². The highest BCUT2D eigenvalue weighted by Crippen LogP contribution is 2.65. The number of ketones is 2. The molecular weight excluding hydrogens is 592 g/mol. The molecule has 4 saturated heterocycles. The Kier molecular flexibility index (Phi) is 4.94. The SMILES string of the molecule is CC1(C)CC2CC3C(Br)=C[C@]2(CO1)C(=O)[C@@]31CO1.CC1(C)CC2CC3C(Br)=C[C@]2(CO1)C(=O)[C@]31CO1. The number of halogens is 2. The van der Waals surface area contributed by atoms with Crippen LogP contribution in [-0.4, -0.2) is 60.4 Å². The molecule has 0 amide bonds. The van der Waals surface area contributed by atoms with Gasteiger partial charge in [-0.05, 0) is 74.2 Å². The molecule has 4 spiro atoms. The molecule has 4 heterocycles. The van der Waals surface area contributed by atoms with E-state index in [-0.39, 0.29) is 34.6 Å². The number of hydrogen-bond acceptors (Lipinski definition) is 6. The van der Waals surface area contributed by atoms with Crippen LogP contribution in [0.25, 0.3) is 0 Å². The molecule has 2 saturated carbocycles. The van der Waals surface area contributed by atoms with E-state index in [0.717, 1.165) is 34.6 Å². The summed E-state index contributed by atoms with van der Waals surface area (Å²) in [6.45, 7) is 10.7. The fraction of sp³-hybridized carbons (Fsp3) is 0.786. The molecule has 0 aromatic carbocycles. The van der Waals surface area contributed by atoms with Gasteiger partial charge in [0.2, 0.25) is 0 Å². The van der Waals surface area contributed by atoms with Crippen LogP contribution in [0.1, 0.15) is 53.4 Å². The molecule has 0 aromatic heterocycles. The molecule has 6 aliphatic carbocycles. The highest BCUT2D eigenvalue weighted by atomic mass is 79.9. The molecular formula is C28H34Br2O6. The normalized spacial score (nSPS) is 52.2. The second-order valence-electron chi connectivity index (χ2n) is 13.6. The molecule has 10 rings (SSSR count). The Morgan fingerprint density at radius 1 is 0.667 bits per heavy atom. The fourth-order valence-corrected chi connectivity index (χ4v) is 10.2. The maximum Gasteiger partial charge on any atom is 0.180 e. The largest absolute Gasteiger partial charge is 0.374 e. The number of hydrogen-bond donors (Lipinski definition) is 0. The Morgan fingerprint density at radius 2 is 1.03 bits per heavy atom. The Labute approximate surface area is 229 Å². The third-order valence-electron chi connectivity index (χ3n) is 10.5. The molecule has 10 aliphatic rings. The standard InChI is InChI=1S/2C14H17BrO3/c2*1-12(2)4-8-3-9-10(15)5-13(8,6-17-12)11(16)14(9)7-18-14/h2*5,8-9H,3-4,6-7H2,1-2H3/t8?,9?,13-,14+;8?,9?,13-,14-/m11/s1. The lowest BCUT2D eigenvalue weighted by molar-refractivity contribution is -0.176. The Bertz CT molecular complexity index is 1040. The molecule has 0 N–H and O–H groups in total. The van der Waals surface area contributed by atoms with Crippen LogP contribution in [0.3, 0.4) is 0 Å². The van der Waals surface area contributed by atoms with Crippen LogP contribution in [0, 0.1) is 34.5 Å². The third kappa shape index (κ3) is 3.09. The van der Waals surface area contributed by atoms with Crippen molar-refractivity contribution >= 4 is 43.4 Å². The number of ether oxygens (including phenoxy) is 4. The second-order valence-corrected chi connectivity index (χ2v) is 15.5. The quantitative estimate of drug-likeness (QED) is 0.357. The number of epoxide rings is 2. The summed E-state index contributed by atoms with van der Waals surface area (Å²) < 4.78 is 25.4. The Balaban J connectivity index is 0.000000122. The molecule has 0 aromatic rings. The summed E-state index contributed by atoms with van der Waals surface area (Å²) >= 11 is 7.29. The van der Waals surface area contributed by atoms with Crippen molar-refractivity contribution in [1.82, 2.24) is 0 Å². The second kappa shape index (κ2) is 7.22. The van der Waals surface area contributed by atoms with Gasteiger partial charge in [0.05, 0.1) is 48.5 Å². The summed E-state index contributed by atoms with van der Waals surface area (Å²) in [5.74, 6) is 1.85. The highest BCUT2D eigenvalue weighted by molar-refractivity contribution is 9.12. The minimum atomic E-state index is -0.505. The minimum Gasteiger partial charge on any atom is -0.374 e. The van der Waals surface area contributed by atoms with Crippen LogP contribution in [-0.2, 0) is 28.5 Å². The van der Waals surface area contributed by atoms with Crippen molar-refractivity contribution in [2.45, 2.75) is 75.8 Å². The molecule has 6 nitrogen and oxygen atoms in total. The molecule has 4 aliphatic heterocycles. The number of carbonyl (C=O) groups is 2. The van der Waals surface area contributed by atoms with Gasteiger partial charge >= 0.3 is 0 Å². The van der Waals surface area contributed by atoms with Crippen molar-refractivity contribution in [3.63, 3.8) is 0 Å². The maximum atomic E-state index is 12.8. The molecule has 36 heavy (non-hydrogen) atoms. The summed E-state index contributed by atoms with van der Waals surface area (Å²) in [5.41, 5.74) is -2.08. The predicted octanol–water partition coefficient (Wildman–Crippen LogP) is 4.88. The van der Waals surface area contributed by atoms with E-state index in [9.17, 15) is 9.59 Å². The molecule has 6 fully saturated rings. The number of Topliss-reactive ketones (excluding diaryl/α,β-unsaturated/α-hetero) is 2. The third-order valence-corrected chi connectivity index (χ3v) is 12.0. The summed E-state index contributed by atoms with van der Waals surface area (Å²) in [6.07, 6.45) is 8.27. The van der Waals surface area contributed by atoms with E-state index < -0.39 is 22.0 Å². The zero-order chi connectivity index (χ0) is 25.5. The van der Waals surface area contributed by atoms with E-state index >= 15 is 0 Å². The Morgan fingerprint density at radius 3 is 1.36 bits per heavy atom. The van der Waals surface area contributed by atoms with E-state index in [2.05, 4.69) is 71.7 Å². The fourth-order valence-electron chi connectivity index (χ4n) is 8.31. The van der Waals surface area contributed by atoms with Crippen LogP contribution in [0.15, 0.2) is 21.1 Å². The minimum absolute atomic E-state index is 0.106. The van der Waals surface area contributed by atoms with Gasteiger partial charge < -0.3 is 18.9 Å². The van der Waals surface area contributed by atoms with Gasteiger partial charge in [-0.25, -0.2) is 0 Å². The summed E-state index contributed by atoms with van der Waals surface area (Å²) in [6, 6.07) is 0. The molecule has 4 unspecified atom stereocenters. The van der Waals surface area contributed by atoms with E-state index in [1.807, 2.05) is 0 Å². The van der Waals surface area contributed by atoms with Crippen LogP contribution in [0.2, 0.25) is 0 Å². The van der Waals surface area contributed by atoms with E-state index in [0.29, 0.717) is 38.3 Å². The lowest BCUT2D eigenvalue weighted by Gasteiger charge is -2.56. The smallest absolute Gasteiger partial charge is 0.180 e. The average Bonchev–Trinajstić information content (AvgIpc) is 3.72. The van der Waals surface area contributed by atoms with Crippen molar-refractivity contribution in [2.75, 3.05) is 26.4 Å². The van der Waals surface area contributed by atoms with E-state index in [1.165, 1.54) is 0 Å². The highest BCUT2D eigenvalue weighted by Gasteiger charge is 2.74. The van der Waals surface area contributed by atoms with Crippen LogP contribution in [0.4, 0.5) is 0 Å². The first-order valence-corrected chi connectivity index (χ1v) is 14.8. The lowest BCUT2D eigenvalue weighted by Crippen LogP contribution is -2.63. The van der Waals surface area contributed by atoms with Gasteiger partial charge in [-0.1, -0.05) is 44.0 Å². The predicted molar refractivity (Wildman–Crippen MR) is 139 cm³/mol. The Hall–Kier alpha value is -0.380. The number of rotatable bonds is 0. The lowest BCUT2D eigenvalue weighted by atomic mass is 9.52. The van der Waals surface area contributed by atoms with Crippen molar-refractivity contribution in [3.05, 3.63) is 21.1 Å². The van der Waals surface area contributed by atoms with Crippen LogP contribution >= 0.6 is 31.9 Å². The van der Waals surface area contributed by atoms with Gasteiger partial charge in [0.25, 0.3) is 0 Å². The average molecular weight is 626 g/mol. The number of carbonyl (C=O) groups excluding carboxylic acids is 2. The molecule has 196 valence electrons. The van der Waals surface area contributed by atoms with Gasteiger partial charge in [-0.3, -0.25) is 9.59 Å². The monoisotopic (exact) mass is 624 g/mol. The first-order chi connectivity index (χ1) is 16.8. The van der Waals surface area contributed by atoms with Crippen molar-refractivity contribution in [2.24, 2.45) is 34.5 Å². The van der Waals surface area contributed by atoms with Gasteiger partial charge in [0, 0.05) is 11.8 Å². The zero-order valence-corrected chi connectivity index (χ0v) is 24.5. The molecule has 8 heteroatoms. The molecule has 0 radical (unpaired) electrons. The van der Waals surface area contributed by atoms with Gasteiger partial charge in [-0.15, -0.1) is 0 Å². The first-order valence-electron chi connectivity index (χ1n) is 13.2. The molecule has 8 atom stereocenters. The van der Waals surface area contributed by atoms with E-state index in [4.69, 9.17) is 18.9 Å². The topological polar surface area (TPSA) is 77.7 Å². The maximum absolute atomic E-state index is 12.8. The van der Waals surface area contributed by atoms with E-state index in [1.54, 1.807) is 0 Å². The van der Waals surface area contributed by atoms with Gasteiger partial charge in [0.1, 0.15) is 0 Å². The van der Waals surface area contributed by atoms with Gasteiger partial charge in [-0.2, -0.15) is 0 Å². The van der Waals surface area contributed by atoms with Crippen molar-refractivity contribution in [3.8, 4) is 0 Å². The summed E-state index contributed by atoms with van der Waals surface area (Å²) in [5, 5.41) is 0. The first kappa shape index (κ1) is 24.6. The van der Waals surface area contributed by atoms with Crippen LogP contribution < -0.4 is 0 Å². The van der Waals surface area contributed by atoms with Crippen LogP contribution in [0.5, 0.6) is 0 Å². The molecule has 4 bridgehead atoms. The van der Waals surface area contributed by atoms with Crippen molar-refractivity contribution < 1.29 is 28.5 Å². The zero-order valence-electron chi connectivity index (χ0n) is 21.3.